The molecule has 0 aromatic carbocycles. The normalized spacial score (nSPS) is 12.0. The predicted octanol–water partition coefficient (Wildman–Crippen LogP) is 7.23. The van der Waals surface area contributed by atoms with E-state index in [0.29, 0.717) is 0 Å². The molecular weight excluding hydrogens is 244 g/mol. The second kappa shape index (κ2) is 13.2. The van der Waals surface area contributed by atoms with Gasteiger partial charge in [-0.05, 0) is 0 Å². The van der Waals surface area contributed by atoms with Crippen molar-refractivity contribution in [2.24, 2.45) is 0 Å². The average Bonchev–Trinajstić information content (AvgIpc) is 2.34. The zero-order valence-corrected chi connectivity index (χ0v) is 15.1. The molecule has 19 heavy (non-hydrogen) atoms. The van der Waals surface area contributed by atoms with Crippen LogP contribution in [0.2, 0.25) is 25.7 Å². The molecule has 115 valence electrons. The molecule has 0 saturated heterocycles. The SMILES string of the molecule is [CH2]CCCCCCCCCCCCCC[Si](C)(C)C. The Labute approximate surface area is 124 Å². The highest BCUT2D eigenvalue weighted by molar-refractivity contribution is 6.76. The van der Waals surface area contributed by atoms with Crippen LogP contribution in [0.25, 0.3) is 0 Å². The molecule has 0 aliphatic heterocycles. The maximum absolute atomic E-state index is 3.89. The largest absolute Gasteiger partial charge is 0.0695 e. The molecule has 0 atom stereocenters. The lowest BCUT2D eigenvalue weighted by molar-refractivity contribution is 0.544. The van der Waals surface area contributed by atoms with Crippen molar-refractivity contribution in [3.8, 4) is 0 Å². The second-order valence-electron chi connectivity index (χ2n) is 7.41. The molecule has 0 fully saturated rings. The van der Waals surface area contributed by atoms with Gasteiger partial charge in [0.1, 0.15) is 0 Å². The molecule has 0 rings (SSSR count). The van der Waals surface area contributed by atoms with Gasteiger partial charge in [0.25, 0.3) is 0 Å². The van der Waals surface area contributed by atoms with Gasteiger partial charge < -0.3 is 0 Å². The van der Waals surface area contributed by atoms with E-state index < -0.39 is 8.07 Å². The summed E-state index contributed by atoms with van der Waals surface area (Å²) in [6, 6.07) is 1.53. The van der Waals surface area contributed by atoms with Crippen LogP contribution in [0.5, 0.6) is 0 Å². The van der Waals surface area contributed by atoms with Gasteiger partial charge in [-0.15, -0.1) is 0 Å². The van der Waals surface area contributed by atoms with Crippen LogP contribution in [0.3, 0.4) is 0 Å². The molecule has 0 spiro atoms. The van der Waals surface area contributed by atoms with Crippen LogP contribution in [0, 0.1) is 6.92 Å². The Morgan fingerprint density at radius 1 is 0.526 bits per heavy atom. The predicted molar refractivity (Wildman–Crippen MR) is 93.5 cm³/mol. The number of rotatable bonds is 14. The van der Waals surface area contributed by atoms with Crippen LogP contribution in [0.4, 0.5) is 0 Å². The van der Waals surface area contributed by atoms with Crippen molar-refractivity contribution >= 4 is 8.07 Å². The van der Waals surface area contributed by atoms with E-state index in [1.807, 2.05) is 0 Å². The van der Waals surface area contributed by atoms with Crippen molar-refractivity contribution in [2.45, 2.75) is 109 Å². The molecule has 0 saturated carbocycles. The van der Waals surface area contributed by atoms with E-state index in [0.717, 1.165) is 6.42 Å². The standard InChI is InChI=1S/C18H39Si/c1-5-6-7-8-9-10-11-12-13-14-15-16-17-18-19(2,3)4/h1,5-18H2,2-4H3. The zero-order chi connectivity index (χ0) is 14.4. The van der Waals surface area contributed by atoms with Crippen molar-refractivity contribution < 1.29 is 0 Å². The van der Waals surface area contributed by atoms with Crippen LogP contribution in [-0.4, -0.2) is 8.07 Å². The molecule has 0 nitrogen and oxygen atoms in total. The molecule has 0 aromatic heterocycles. The van der Waals surface area contributed by atoms with Crippen molar-refractivity contribution in [1.29, 1.82) is 0 Å². The maximum Gasteiger partial charge on any atom is 0.0442 e. The summed E-state index contributed by atoms with van der Waals surface area (Å²) in [6.07, 6.45) is 18.6. The summed E-state index contributed by atoms with van der Waals surface area (Å²) in [6.45, 7) is 11.4. The van der Waals surface area contributed by atoms with E-state index in [1.165, 1.54) is 83.1 Å². The molecule has 0 unspecified atom stereocenters. The highest BCUT2D eigenvalue weighted by atomic mass is 28.3. The number of hydrogen-bond acceptors (Lipinski definition) is 0. The van der Waals surface area contributed by atoms with Crippen molar-refractivity contribution in [2.75, 3.05) is 0 Å². The fourth-order valence-electron chi connectivity index (χ4n) is 2.60. The molecular formula is C18H39Si. The van der Waals surface area contributed by atoms with Crippen molar-refractivity contribution in [3.63, 3.8) is 0 Å². The highest BCUT2D eigenvalue weighted by Gasteiger charge is 2.11. The Balaban J connectivity index is 2.99. The third kappa shape index (κ3) is 18.2. The Kier molecular flexibility index (Phi) is 13.4. The minimum absolute atomic E-state index is 0.761. The van der Waals surface area contributed by atoms with Crippen LogP contribution >= 0.6 is 0 Å². The van der Waals surface area contributed by atoms with Gasteiger partial charge in [0.15, 0.2) is 0 Å². The molecule has 0 aromatic rings. The first kappa shape index (κ1) is 19.2. The quantitative estimate of drug-likeness (QED) is 0.233. The lowest BCUT2D eigenvalue weighted by Gasteiger charge is -2.14. The van der Waals surface area contributed by atoms with E-state index in [4.69, 9.17) is 0 Å². The van der Waals surface area contributed by atoms with Crippen molar-refractivity contribution in [1.82, 2.24) is 0 Å². The molecule has 0 aliphatic rings. The Morgan fingerprint density at radius 2 is 0.842 bits per heavy atom. The van der Waals surface area contributed by atoms with E-state index in [9.17, 15) is 0 Å². The number of unbranched alkanes of at least 4 members (excludes halogenated alkanes) is 12. The molecule has 1 heteroatoms. The molecule has 0 bridgehead atoms. The van der Waals surface area contributed by atoms with Gasteiger partial charge in [0.05, 0.1) is 0 Å². The summed E-state index contributed by atoms with van der Waals surface area (Å²) in [5.41, 5.74) is 0. The van der Waals surface area contributed by atoms with E-state index >= 15 is 0 Å². The average molecular weight is 284 g/mol. The first-order valence-corrected chi connectivity index (χ1v) is 12.6. The fraction of sp³-hybridized carbons (Fsp3) is 0.944. The minimum atomic E-state index is -0.761. The van der Waals surface area contributed by atoms with Crippen LogP contribution in [0.15, 0.2) is 0 Å². The molecule has 1 radical (unpaired) electrons. The second-order valence-corrected chi connectivity index (χ2v) is 13.0. The first-order chi connectivity index (χ1) is 9.06. The summed E-state index contributed by atoms with van der Waals surface area (Å²) in [7, 11) is -0.761. The van der Waals surface area contributed by atoms with E-state index in [-0.39, 0.29) is 0 Å². The summed E-state index contributed by atoms with van der Waals surface area (Å²) in [5, 5.41) is 0. The molecule has 0 heterocycles. The maximum atomic E-state index is 3.89. The smallest absolute Gasteiger partial charge is 0.0442 e. The fourth-order valence-corrected chi connectivity index (χ4v) is 3.91. The zero-order valence-electron chi connectivity index (χ0n) is 14.1. The highest BCUT2D eigenvalue weighted by Crippen LogP contribution is 2.16. The van der Waals surface area contributed by atoms with Crippen molar-refractivity contribution in [3.05, 3.63) is 6.92 Å². The van der Waals surface area contributed by atoms with Crippen LogP contribution in [0.1, 0.15) is 83.5 Å². The first-order valence-electron chi connectivity index (χ1n) is 8.85. The van der Waals surface area contributed by atoms with Crippen LogP contribution in [-0.2, 0) is 0 Å². The third-order valence-corrected chi connectivity index (χ3v) is 5.78. The van der Waals surface area contributed by atoms with Gasteiger partial charge in [-0.3, -0.25) is 0 Å². The van der Waals surface area contributed by atoms with Gasteiger partial charge in [0.2, 0.25) is 0 Å². The number of hydrogen-bond donors (Lipinski definition) is 0. The monoisotopic (exact) mass is 283 g/mol. The van der Waals surface area contributed by atoms with Crippen LogP contribution < -0.4 is 0 Å². The van der Waals surface area contributed by atoms with Gasteiger partial charge in [-0.2, -0.15) is 0 Å². The Hall–Kier alpha value is 0.217. The molecule has 0 aliphatic carbocycles. The Morgan fingerprint density at radius 3 is 1.16 bits per heavy atom. The molecule has 0 amide bonds. The summed E-state index contributed by atoms with van der Waals surface area (Å²) in [5.74, 6) is 0. The minimum Gasteiger partial charge on any atom is -0.0695 e. The Bertz CT molecular complexity index is 169. The van der Waals surface area contributed by atoms with Gasteiger partial charge >= 0.3 is 0 Å². The van der Waals surface area contributed by atoms with Gasteiger partial charge in [-0.1, -0.05) is 116 Å². The van der Waals surface area contributed by atoms with Gasteiger partial charge in [-0.25, -0.2) is 0 Å². The topological polar surface area (TPSA) is 0 Å². The lowest BCUT2D eigenvalue weighted by atomic mass is 10.1. The van der Waals surface area contributed by atoms with Gasteiger partial charge in [0, 0.05) is 8.07 Å². The summed E-state index contributed by atoms with van der Waals surface area (Å²) >= 11 is 0. The third-order valence-electron chi connectivity index (χ3n) is 3.93. The van der Waals surface area contributed by atoms with E-state index in [1.54, 1.807) is 0 Å². The summed E-state index contributed by atoms with van der Waals surface area (Å²) in [4.78, 5) is 0. The lowest BCUT2D eigenvalue weighted by Crippen LogP contribution is -2.18. The van der Waals surface area contributed by atoms with E-state index in [2.05, 4.69) is 26.6 Å². The summed E-state index contributed by atoms with van der Waals surface area (Å²) < 4.78 is 0. The molecule has 0 N–H and O–H groups in total.